The average molecular weight is 419 g/mol. The third kappa shape index (κ3) is 5.16. The van der Waals surface area contributed by atoms with Crippen molar-refractivity contribution in [3.05, 3.63) is 84.4 Å². The van der Waals surface area contributed by atoms with Gasteiger partial charge in [-0.2, -0.15) is 0 Å². The minimum Gasteiger partial charge on any atom is -0.493 e. The molecule has 0 unspecified atom stereocenters. The van der Waals surface area contributed by atoms with E-state index in [1.54, 1.807) is 11.8 Å². The maximum Gasteiger partial charge on any atom is 0.169 e. The fourth-order valence-corrected chi connectivity index (χ4v) is 4.09. The zero-order chi connectivity index (χ0) is 20.8. The van der Waals surface area contributed by atoms with E-state index in [0.29, 0.717) is 6.61 Å². The van der Waals surface area contributed by atoms with E-state index in [1.165, 1.54) is 5.56 Å². The highest BCUT2D eigenvalue weighted by atomic mass is 32.2. The molecule has 0 aliphatic rings. The molecule has 0 fully saturated rings. The monoisotopic (exact) mass is 418 g/mol. The van der Waals surface area contributed by atoms with E-state index >= 15 is 0 Å². The Balaban J connectivity index is 1.39. The minimum absolute atomic E-state index is 0.170. The van der Waals surface area contributed by atoms with Crippen molar-refractivity contribution in [2.75, 3.05) is 12.4 Å². The average Bonchev–Trinajstić information content (AvgIpc) is 3.10. The topological polar surface area (TPSA) is 36.3 Å². The third-order valence-electron chi connectivity index (χ3n) is 4.58. The number of rotatable bonds is 9. The second-order valence-corrected chi connectivity index (χ2v) is 8.35. The van der Waals surface area contributed by atoms with E-state index in [0.717, 1.165) is 40.0 Å². The predicted octanol–water partition coefficient (Wildman–Crippen LogP) is 6.04. The van der Waals surface area contributed by atoms with Crippen molar-refractivity contribution in [1.29, 1.82) is 0 Å². The molecular weight excluding hydrogens is 392 g/mol. The van der Waals surface area contributed by atoms with Crippen LogP contribution >= 0.6 is 11.8 Å². The molecule has 0 spiro atoms. The Morgan fingerprint density at radius 1 is 0.867 bits per heavy atom. The Labute approximate surface area is 181 Å². The Bertz CT molecular complexity index is 1080. The van der Waals surface area contributed by atoms with Crippen LogP contribution in [0.5, 0.6) is 11.5 Å². The summed E-state index contributed by atoms with van der Waals surface area (Å²) in [6.45, 7) is 5.46. The number of hydrogen-bond donors (Lipinski definition) is 0. The van der Waals surface area contributed by atoms with Gasteiger partial charge in [0.2, 0.25) is 0 Å². The molecule has 0 aliphatic heterocycles. The molecule has 0 saturated carbocycles. The van der Waals surface area contributed by atoms with Gasteiger partial charge in [-0.1, -0.05) is 54.2 Å². The number of fused-ring (bicyclic) bond motifs is 1. The molecule has 0 radical (unpaired) electrons. The molecule has 0 N–H and O–H groups in total. The third-order valence-corrected chi connectivity index (χ3v) is 5.52. The Kier molecular flexibility index (Phi) is 6.60. The summed E-state index contributed by atoms with van der Waals surface area (Å²) in [5, 5.41) is 1.02. The number of ether oxygens (including phenoxy) is 2. The standard InChI is InChI=1S/C25H26N2O2S/c1-19(2)29-22-14-12-21(13-15-22)28-16-17-30-25-26-23-10-6-7-11-24(23)27(25)18-20-8-4-3-5-9-20/h3-15,19H,16-18H2,1-2H3. The highest BCUT2D eigenvalue weighted by Crippen LogP contribution is 2.26. The highest BCUT2D eigenvalue weighted by molar-refractivity contribution is 7.99. The van der Waals surface area contributed by atoms with Crippen LogP contribution in [-0.4, -0.2) is 28.0 Å². The fourth-order valence-electron chi connectivity index (χ4n) is 3.26. The SMILES string of the molecule is CC(C)Oc1ccc(OCCSc2nc3ccccc3n2Cc2ccccc2)cc1. The zero-order valence-corrected chi connectivity index (χ0v) is 18.1. The van der Waals surface area contributed by atoms with Crippen LogP contribution < -0.4 is 9.47 Å². The highest BCUT2D eigenvalue weighted by Gasteiger charge is 2.11. The van der Waals surface area contributed by atoms with Crippen LogP contribution in [0.4, 0.5) is 0 Å². The van der Waals surface area contributed by atoms with E-state index in [2.05, 4.69) is 47.0 Å². The lowest BCUT2D eigenvalue weighted by molar-refractivity contribution is 0.242. The van der Waals surface area contributed by atoms with E-state index in [1.807, 2.05) is 50.2 Å². The molecular formula is C25H26N2O2S. The van der Waals surface area contributed by atoms with Gasteiger partial charge >= 0.3 is 0 Å². The van der Waals surface area contributed by atoms with Crippen LogP contribution in [-0.2, 0) is 6.54 Å². The summed E-state index contributed by atoms with van der Waals surface area (Å²) >= 11 is 1.73. The van der Waals surface area contributed by atoms with Crippen LogP contribution in [0.15, 0.2) is 84.0 Å². The number of benzene rings is 3. The van der Waals surface area contributed by atoms with Gasteiger partial charge in [0.25, 0.3) is 0 Å². The molecule has 1 aromatic heterocycles. The maximum absolute atomic E-state index is 5.91. The van der Waals surface area contributed by atoms with Crippen molar-refractivity contribution < 1.29 is 9.47 Å². The van der Waals surface area contributed by atoms with Gasteiger partial charge in [-0.15, -0.1) is 0 Å². The summed E-state index contributed by atoms with van der Waals surface area (Å²) in [7, 11) is 0. The quantitative estimate of drug-likeness (QED) is 0.245. The number of para-hydroxylation sites is 2. The van der Waals surface area contributed by atoms with Crippen molar-refractivity contribution in [3.8, 4) is 11.5 Å². The molecule has 154 valence electrons. The molecule has 30 heavy (non-hydrogen) atoms. The van der Waals surface area contributed by atoms with Gasteiger partial charge in [-0.3, -0.25) is 0 Å². The van der Waals surface area contributed by atoms with Crippen molar-refractivity contribution in [3.63, 3.8) is 0 Å². The van der Waals surface area contributed by atoms with Gasteiger partial charge in [0.1, 0.15) is 11.5 Å². The Hall–Kier alpha value is -2.92. The number of imidazole rings is 1. The van der Waals surface area contributed by atoms with Crippen molar-refractivity contribution in [2.45, 2.75) is 31.7 Å². The van der Waals surface area contributed by atoms with Gasteiger partial charge in [-0.05, 0) is 55.8 Å². The summed E-state index contributed by atoms with van der Waals surface area (Å²) in [6, 6.07) is 26.6. The molecule has 0 aliphatic carbocycles. The van der Waals surface area contributed by atoms with Crippen molar-refractivity contribution in [2.24, 2.45) is 0 Å². The summed E-state index contributed by atoms with van der Waals surface area (Å²) in [6.07, 6.45) is 0.170. The van der Waals surface area contributed by atoms with E-state index in [4.69, 9.17) is 14.5 Å². The normalized spacial score (nSPS) is 11.2. The fraction of sp³-hybridized carbons (Fsp3) is 0.240. The van der Waals surface area contributed by atoms with Crippen LogP contribution in [0, 0.1) is 0 Å². The van der Waals surface area contributed by atoms with Gasteiger partial charge < -0.3 is 14.0 Å². The lowest BCUT2D eigenvalue weighted by atomic mass is 10.2. The number of aromatic nitrogens is 2. The van der Waals surface area contributed by atoms with Gasteiger partial charge in [0.15, 0.2) is 5.16 Å². The summed E-state index contributed by atoms with van der Waals surface area (Å²) in [4.78, 5) is 4.85. The van der Waals surface area contributed by atoms with E-state index in [9.17, 15) is 0 Å². The lowest BCUT2D eigenvalue weighted by Crippen LogP contribution is -2.06. The first kappa shape index (κ1) is 20.4. The first-order valence-electron chi connectivity index (χ1n) is 10.2. The Morgan fingerprint density at radius 3 is 2.33 bits per heavy atom. The predicted molar refractivity (Wildman–Crippen MR) is 124 cm³/mol. The minimum atomic E-state index is 0.170. The van der Waals surface area contributed by atoms with Crippen LogP contribution in [0.2, 0.25) is 0 Å². The van der Waals surface area contributed by atoms with Crippen molar-refractivity contribution >= 4 is 22.8 Å². The van der Waals surface area contributed by atoms with Crippen LogP contribution in [0.1, 0.15) is 19.4 Å². The largest absolute Gasteiger partial charge is 0.493 e. The first-order valence-corrected chi connectivity index (χ1v) is 11.2. The lowest BCUT2D eigenvalue weighted by Gasteiger charge is -2.11. The second kappa shape index (κ2) is 9.72. The molecule has 4 aromatic rings. The molecule has 0 saturated heterocycles. The molecule has 4 nitrogen and oxygen atoms in total. The molecule has 4 rings (SSSR count). The molecule has 3 aromatic carbocycles. The van der Waals surface area contributed by atoms with Gasteiger partial charge in [0.05, 0.1) is 30.3 Å². The Morgan fingerprint density at radius 2 is 1.57 bits per heavy atom. The molecule has 1 heterocycles. The molecule has 0 atom stereocenters. The smallest absolute Gasteiger partial charge is 0.169 e. The van der Waals surface area contributed by atoms with Crippen molar-refractivity contribution in [1.82, 2.24) is 9.55 Å². The van der Waals surface area contributed by atoms with Crippen LogP contribution in [0.25, 0.3) is 11.0 Å². The molecule has 0 amide bonds. The number of nitrogens with zero attached hydrogens (tertiary/aromatic N) is 2. The molecule has 0 bridgehead atoms. The first-order chi connectivity index (χ1) is 14.7. The maximum atomic E-state index is 5.91. The number of thioether (sulfide) groups is 1. The summed E-state index contributed by atoms with van der Waals surface area (Å²) < 4.78 is 13.9. The van der Waals surface area contributed by atoms with E-state index in [-0.39, 0.29) is 6.10 Å². The van der Waals surface area contributed by atoms with Gasteiger partial charge in [0, 0.05) is 5.75 Å². The zero-order valence-electron chi connectivity index (χ0n) is 17.3. The summed E-state index contributed by atoms with van der Waals surface area (Å²) in [5.74, 6) is 2.54. The molecule has 5 heteroatoms. The van der Waals surface area contributed by atoms with Gasteiger partial charge in [-0.25, -0.2) is 4.98 Å². The second-order valence-electron chi connectivity index (χ2n) is 7.29. The van der Waals surface area contributed by atoms with Crippen LogP contribution in [0.3, 0.4) is 0 Å². The summed E-state index contributed by atoms with van der Waals surface area (Å²) in [5.41, 5.74) is 3.45. The number of hydrogen-bond acceptors (Lipinski definition) is 4. The van der Waals surface area contributed by atoms with E-state index < -0.39 is 0 Å².